The van der Waals surface area contributed by atoms with E-state index in [1.54, 1.807) is 31.2 Å². The Morgan fingerprint density at radius 2 is 2.00 bits per heavy atom. The Hall–Kier alpha value is -3.02. The second-order valence-electron chi connectivity index (χ2n) is 8.21. The number of hydrogen-bond acceptors (Lipinski definition) is 6. The maximum Gasteiger partial charge on any atom is 0.242 e. The van der Waals surface area contributed by atoms with Crippen molar-refractivity contribution in [3.63, 3.8) is 0 Å². The number of nitrogens with one attached hydrogen (secondary N) is 1. The lowest BCUT2D eigenvalue weighted by molar-refractivity contribution is -0.105. The van der Waals surface area contributed by atoms with E-state index in [0.717, 1.165) is 11.1 Å². The fourth-order valence-electron chi connectivity index (χ4n) is 4.38. The lowest BCUT2D eigenvalue weighted by atomic mass is 10.00. The minimum Gasteiger partial charge on any atom is -0.361 e. The molecular weight excluding hydrogens is 466 g/mol. The van der Waals surface area contributed by atoms with Gasteiger partial charge in [0.2, 0.25) is 16.4 Å². The van der Waals surface area contributed by atoms with Crippen LogP contribution < -0.4 is 5.32 Å². The van der Waals surface area contributed by atoms with Crippen LogP contribution in [0.25, 0.3) is 32.9 Å². The van der Waals surface area contributed by atoms with Crippen molar-refractivity contribution in [1.82, 2.24) is 9.13 Å². The predicted molar refractivity (Wildman–Crippen MR) is 126 cm³/mol. The van der Waals surface area contributed by atoms with Crippen molar-refractivity contribution >= 4 is 55.0 Å². The Morgan fingerprint density at radius 3 is 2.61 bits per heavy atom. The van der Waals surface area contributed by atoms with E-state index < -0.39 is 26.4 Å². The molecule has 33 heavy (non-hydrogen) atoms. The molecule has 5 rings (SSSR count). The molecule has 172 valence electrons. The molecule has 0 radical (unpaired) electrons. The number of aromatic nitrogens is 2. The molecule has 2 aromatic carbocycles. The van der Waals surface area contributed by atoms with E-state index in [1.807, 2.05) is 13.0 Å². The molecule has 1 fully saturated rings. The Balaban J connectivity index is 1.92. The summed E-state index contributed by atoms with van der Waals surface area (Å²) in [6.45, 7) is 3.60. The zero-order chi connectivity index (χ0) is 23.5. The molecule has 9 nitrogen and oxygen atoms in total. The quantitative estimate of drug-likeness (QED) is 0.300. The van der Waals surface area contributed by atoms with Crippen molar-refractivity contribution in [2.45, 2.75) is 37.7 Å². The van der Waals surface area contributed by atoms with Crippen molar-refractivity contribution in [3.05, 3.63) is 47.3 Å². The summed E-state index contributed by atoms with van der Waals surface area (Å²) in [5.41, 5.74) is 3.81. The van der Waals surface area contributed by atoms with Crippen LogP contribution in [0.4, 0.5) is 5.69 Å². The highest BCUT2D eigenvalue weighted by molar-refractivity contribution is 7.91. The van der Waals surface area contributed by atoms with Crippen molar-refractivity contribution in [1.29, 1.82) is 0 Å². The summed E-state index contributed by atoms with van der Waals surface area (Å²) in [4.78, 5) is 11.5. The van der Waals surface area contributed by atoms with Gasteiger partial charge in [-0.05, 0) is 56.0 Å². The third kappa shape index (κ3) is 3.56. The lowest BCUT2D eigenvalue weighted by Gasteiger charge is -2.12. The molecule has 0 spiro atoms. The Kier molecular flexibility index (Phi) is 5.15. The highest BCUT2D eigenvalue weighted by Gasteiger charge is 2.39. The summed E-state index contributed by atoms with van der Waals surface area (Å²) in [7, 11) is -3.75. The first-order valence-electron chi connectivity index (χ1n) is 10.3. The average Bonchev–Trinajstić information content (AvgIpc) is 3.49. The van der Waals surface area contributed by atoms with Gasteiger partial charge in [0.05, 0.1) is 33.4 Å². The van der Waals surface area contributed by atoms with Crippen LogP contribution in [0.1, 0.15) is 29.9 Å². The normalized spacial score (nSPS) is 15.2. The zero-order valence-electron chi connectivity index (χ0n) is 17.9. The fraction of sp³-hybridized carbons (Fsp3) is 0.273. The monoisotopic (exact) mass is 487 g/mol. The van der Waals surface area contributed by atoms with Crippen LogP contribution in [0.2, 0.25) is 0 Å². The molecule has 0 saturated heterocycles. The first-order chi connectivity index (χ1) is 15.7. The van der Waals surface area contributed by atoms with Crippen LogP contribution in [0.5, 0.6) is 0 Å². The van der Waals surface area contributed by atoms with Crippen LogP contribution >= 0.6 is 0 Å². The zero-order valence-corrected chi connectivity index (χ0v) is 19.5. The van der Waals surface area contributed by atoms with Crippen molar-refractivity contribution < 1.29 is 26.5 Å². The maximum atomic E-state index is 13.5. The summed E-state index contributed by atoms with van der Waals surface area (Å²) in [6, 6.07) is 8.66. The van der Waals surface area contributed by atoms with Gasteiger partial charge in [0.1, 0.15) is 5.76 Å². The molecule has 4 aromatic rings. The van der Waals surface area contributed by atoms with Crippen molar-refractivity contribution in [3.8, 4) is 11.1 Å². The standard InChI is InChI=1S/C22H21N3O6S2/c1-12-21(13(2)31-24-12)15-8-18-17-6-3-14(10-32(27)28)7-20(17)25(33(29,30)16-4-5-16)22(18)19(9-15)23-11-26/h3,6-9,11,16H,4-5,10H2,1-2H3,(H,23,26)(H,27,28). The molecule has 0 bridgehead atoms. The summed E-state index contributed by atoms with van der Waals surface area (Å²) >= 11 is -2.07. The number of hydrogen-bond donors (Lipinski definition) is 2. The Labute approximate surface area is 192 Å². The third-order valence-corrected chi connectivity index (χ3v) is 8.69. The van der Waals surface area contributed by atoms with Crippen LogP contribution in [0.15, 0.2) is 34.9 Å². The van der Waals surface area contributed by atoms with E-state index >= 15 is 0 Å². The summed E-state index contributed by atoms with van der Waals surface area (Å²) in [5, 5.41) is 7.46. The van der Waals surface area contributed by atoms with E-state index in [4.69, 9.17) is 4.52 Å². The molecule has 2 aromatic heterocycles. The van der Waals surface area contributed by atoms with Gasteiger partial charge in [0.25, 0.3) is 0 Å². The molecule has 1 unspecified atom stereocenters. The van der Waals surface area contributed by atoms with Crippen LogP contribution in [0.3, 0.4) is 0 Å². The fourth-order valence-corrected chi connectivity index (χ4v) is 6.75. The molecule has 1 amide bonds. The Bertz CT molecular complexity index is 1540. The van der Waals surface area contributed by atoms with Crippen LogP contribution in [-0.4, -0.2) is 38.0 Å². The van der Waals surface area contributed by atoms with Gasteiger partial charge >= 0.3 is 0 Å². The minimum atomic E-state index is -3.75. The average molecular weight is 488 g/mol. The van der Waals surface area contributed by atoms with E-state index in [1.165, 1.54) is 3.97 Å². The van der Waals surface area contributed by atoms with Gasteiger partial charge < -0.3 is 14.4 Å². The minimum absolute atomic E-state index is 0.120. The molecule has 1 aliphatic carbocycles. The number of fused-ring (bicyclic) bond motifs is 3. The molecule has 2 N–H and O–H groups in total. The molecular formula is C22H21N3O6S2. The van der Waals surface area contributed by atoms with E-state index in [9.17, 15) is 22.0 Å². The van der Waals surface area contributed by atoms with Gasteiger partial charge in [-0.2, -0.15) is 0 Å². The second-order valence-corrected chi connectivity index (χ2v) is 11.2. The second kappa shape index (κ2) is 7.79. The molecule has 1 atom stereocenters. The van der Waals surface area contributed by atoms with E-state index in [2.05, 4.69) is 10.5 Å². The summed E-state index contributed by atoms with van der Waals surface area (Å²) in [5.74, 6) is 0.482. The molecule has 0 aliphatic heterocycles. The Morgan fingerprint density at radius 1 is 1.24 bits per heavy atom. The topological polar surface area (TPSA) is 132 Å². The molecule has 1 saturated carbocycles. The molecule has 11 heteroatoms. The van der Waals surface area contributed by atoms with Crippen molar-refractivity contribution in [2.24, 2.45) is 0 Å². The smallest absolute Gasteiger partial charge is 0.242 e. The predicted octanol–water partition coefficient (Wildman–Crippen LogP) is 3.70. The number of anilines is 1. The van der Waals surface area contributed by atoms with Gasteiger partial charge in [-0.1, -0.05) is 17.3 Å². The highest BCUT2D eigenvalue weighted by Crippen LogP contribution is 2.42. The van der Waals surface area contributed by atoms with E-state index in [-0.39, 0.29) is 5.75 Å². The molecule has 2 heterocycles. The number of aryl methyl sites for hydroxylation is 2. The first-order valence-corrected chi connectivity index (χ1v) is 13.1. The number of amides is 1. The summed E-state index contributed by atoms with van der Waals surface area (Å²) < 4.78 is 54.3. The number of carbonyl (C=O) groups excluding carboxylic acids is 1. The van der Waals surface area contributed by atoms with Gasteiger partial charge in [0.15, 0.2) is 11.1 Å². The largest absolute Gasteiger partial charge is 0.361 e. The van der Waals surface area contributed by atoms with Crippen molar-refractivity contribution in [2.75, 3.05) is 5.32 Å². The van der Waals surface area contributed by atoms with Crippen LogP contribution in [0, 0.1) is 13.8 Å². The van der Waals surface area contributed by atoms with Gasteiger partial charge in [-0.25, -0.2) is 16.6 Å². The highest BCUT2D eigenvalue weighted by atomic mass is 32.2. The molecule has 1 aliphatic rings. The van der Waals surface area contributed by atoms with Gasteiger partial charge in [0, 0.05) is 16.3 Å². The number of benzene rings is 2. The third-order valence-electron chi connectivity index (χ3n) is 5.91. The van der Waals surface area contributed by atoms with Gasteiger partial charge in [-0.15, -0.1) is 0 Å². The maximum absolute atomic E-state index is 13.5. The van der Waals surface area contributed by atoms with Gasteiger partial charge in [-0.3, -0.25) is 4.79 Å². The number of carbonyl (C=O) groups is 1. The van der Waals surface area contributed by atoms with E-state index in [0.29, 0.717) is 63.8 Å². The SMILES string of the molecule is Cc1noc(C)c1-c1cc(NC=O)c2c(c1)c1ccc(CS(=O)O)cc1n2S(=O)(=O)C1CC1. The lowest BCUT2D eigenvalue weighted by Crippen LogP contribution is -2.18. The van der Waals surface area contributed by atoms with Crippen LogP contribution in [-0.2, 0) is 31.7 Å². The number of rotatable bonds is 7. The first kappa shape index (κ1) is 21.8. The number of nitrogens with zero attached hydrogens (tertiary/aromatic N) is 2. The summed E-state index contributed by atoms with van der Waals surface area (Å²) in [6.07, 6.45) is 1.65.